The Labute approximate surface area is 159 Å². The first-order valence-electron chi connectivity index (χ1n) is 9.09. The van der Waals surface area contributed by atoms with Gasteiger partial charge >= 0.3 is 0 Å². The maximum Gasteiger partial charge on any atom is 0.251 e. The van der Waals surface area contributed by atoms with Crippen molar-refractivity contribution in [3.05, 3.63) is 90.0 Å². The number of hydrogen-bond donors (Lipinski definition) is 0. The van der Waals surface area contributed by atoms with Crippen molar-refractivity contribution in [2.24, 2.45) is 0 Å². The Bertz CT molecular complexity index is 975. The topological polar surface area (TPSA) is 29.5 Å². The van der Waals surface area contributed by atoms with E-state index >= 15 is 0 Å². The molecular weight excluding hydrogens is 334 g/mol. The van der Waals surface area contributed by atoms with Gasteiger partial charge < -0.3 is 9.64 Å². The van der Waals surface area contributed by atoms with Gasteiger partial charge in [0.1, 0.15) is 12.4 Å². The Hall–Kier alpha value is -3.33. The molecule has 0 aromatic heterocycles. The zero-order valence-electron chi connectivity index (χ0n) is 15.3. The summed E-state index contributed by atoms with van der Waals surface area (Å²) in [6.07, 6.45) is 3.50. The van der Waals surface area contributed by atoms with Crippen molar-refractivity contribution in [1.29, 1.82) is 0 Å². The summed E-state index contributed by atoms with van der Waals surface area (Å²) >= 11 is 0. The van der Waals surface area contributed by atoms with Crippen molar-refractivity contribution >= 4 is 17.7 Å². The number of rotatable bonds is 3. The highest BCUT2D eigenvalue weighted by Gasteiger charge is 2.22. The summed E-state index contributed by atoms with van der Waals surface area (Å²) in [5.41, 5.74) is 5.30. The predicted molar refractivity (Wildman–Crippen MR) is 110 cm³/mol. The standard InChI is InChI=1S/C24H21NO2/c1-18-7-13-23-22(17-18)25(15-16-27-23)24(26)14-10-19-8-11-21(12-9-19)20-5-3-2-4-6-20/h2-14,17H,15-16H2,1H3/b14-10+. The van der Waals surface area contributed by atoms with E-state index in [4.69, 9.17) is 4.74 Å². The summed E-state index contributed by atoms with van der Waals surface area (Å²) in [7, 11) is 0. The van der Waals surface area contributed by atoms with Crippen LogP contribution in [-0.4, -0.2) is 19.1 Å². The van der Waals surface area contributed by atoms with Gasteiger partial charge in [-0.05, 0) is 47.4 Å². The molecule has 1 aliphatic rings. The second-order valence-corrected chi connectivity index (χ2v) is 6.63. The Balaban J connectivity index is 1.51. The molecule has 0 bridgehead atoms. The van der Waals surface area contributed by atoms with Crippen LogP contribution in [0.15, 0.2) is 78.9 Å². The van der Waals surface area contributed by atoms with E-state index in [0.29, 0.717) is 13.2 Å². The van der Waals surface area contributed by atoms with Crippen molar-refractivity contribution in [2.45, 2.75) is 6.92 Å². The highest BCUT2D eigenvalue weighted by molar-refractivity contribution is 6.05. The SMILES string of the molecule is Cc1ccc2c(c1)N(C(=O)/C=C/c1ccc(-c3ccccc3)cc1)CCO2. The quantitative estimate of drug-likeness (QED) is 0.612. The number of fused-ring (bicyclic) bond motifs is 1. The molecule has 0 radical (unpaired) electrons. The van der Waals surface area contributed by atoms with Crippen LogP contribution in [0.3, 0.4) is 0 Å². The second-order valence-electron chi connectivity index (χ2n) is 6.63. The minimum absolute atomic E-state index is 0.0303. The molecule has 0 spiro atoms. The van der Waals surface area contributed by atoms with Crippen LogP contribution < -0.4 is 9.64 Å². The number of carbonyl (C=O) groups is 1. The molecule has 3 nitrogen and oxygen atoms in total. The molecule has 1 heterocycles. The van der Waals surface area contributed by atoms with E-state index in [2.05, 4.69) is 24.3 Å². The summed E-state index contributed by atoms with van der Waals surface area (Å²) in [6.45, 7) is 3.09. The van der Waals surface area contributed by atoms with Gasteiger partial charge in [0.15, 0.2) is 0 Å². The van der Waals surface area contributed by atoms with Gasteiger partial charge in [-0.25, -0.2) is 0 Å². The van der Waals surface area contributed by atoms with Crippen LogP contribution in [-0.2, 0) is 4.79 Å². The predicted octanol–water partition coefficient (Wildman–Crippen LogP) is 5.10. The number of carbonyl (C=O) groups excluding carboxylic acids is 1. The summed E-state index contributed by atoms with van der Waals surface area (Å²) < 4.78 is 5.66. The number of nitrogens with zero attached hydrogens (tertiary/aromatic N) is 1. The molecule has 134 valence electrons. The summed E-state index contributed by atoms with van der Waals surface area (Å²) in [6, 6.07) is 24.4. The molecule has 0 saturated carbocycles. The van der Waals surface area contributed by atoms with Crippen molar-refractivity contribution in [3.63, 3.8) is 0 Å². The fourth-order valence-corrected chi connectivity index (χ4v) is 3.23. The lowest BCUT2D eigenvalue weighted by molar-refractivity contribution is -0.114. The van der Waals surface area contributed by atoms with Crippen molar-refractivity contribution in [1.82, 2.24) is 0 Å². The van der Waals surface area contributed by atoms with Crippen molar-refractivity contribution in [3.8, 4) is 16.9 Å². The smallest absolute Gasteiger partial charge is 0.251 e. The summed E-state index contributed by atoms with van der Waals surface area (Å²) in [5.74, 6) is 0.734. The van der Waals surface area contributed by atoms with Crippen LogP contribution in [0, 0.1) is 6.92 Å². The van der Waals surface area contributed by atoms with Crippen molar-refractivity contribution in [2.75, 3.05) is 18.1 Å². The molecule has 0 N–H and O–H groups in total. The molecule has 0 atom stereocenters. The highest BCUT2D eigenvalue weighted by atomic mass is 16.5. The van der Waals surface area contributed by atoms with E-state index < -0.39 is 0 Å². The zero-order valence-corrected chi connectivity index (χ0v) is 15.3. The minimum atomic E-state index is -0.0303. The van der Waals surface area contributed by atoms with Gasteiger partial charge in [-0.1, -0.05) is 60.7 Å². The molecule has 0 unspecified atom stereocenters. The molecule has 0 fully saturated rings. The first-order valence-corrected chi connectivity index (χ1v) is 9.09. The second kappa shape index (κ2) is 7.50. The third-order valence-electron chi connectivity index (χ3n) is 4.68. The Morgan fingerprint density at radius 1 is 0.963 bits per heavy atom. The zero-order chi connectivity index (χ0) is 18.6. The van der Waals surface area contributed by atoms with E-state index in [1.165, 1.54) is 5.56 Å². The van der Waals surface area contributed by atoms with Crippen LogP contribution in [0.5, 0.6) is 5.75 Å². The lowest BCUT2D eigenvalue weighted by atomic mass is 10.0. The van der Waals surface area contributed by atoms with Gasteiger partial charge in [-0.15, -0.1) is 0 Å². The van der Waals surface area contributed by atoms with Gasteiger partial charge in [0, 0.05) is 6.08 Å². The van der Waals surface area contributed by atoms with Gasteiger partial charge in [0.05, 0.1) is 12.2 Å². The van der Waals surface area contributed by atoms with E-state index in [1.807, 2.05) is 61.5 Å². The average molecular weight is 355 g/mol. The van der Waals surface area contributed by atoms with Crippen LogP contribution in [0.1, 0.15) is 11.1 Å². The first kappa shape index (κ1) is 17.1. The van der Waals surface area contributed by atoms with Gasteiger partial charge in [-0.3, -0.25) is 4.79 Å². The number of ether oxygens (including phenoxy) is 1. The van der Waals surface area contributed by atoms with Crippen LogP contribution in [0.25, 0.3) is 17.2 Å². The largest absolute Gasteiger partial charge is 0.490 e. The molecule has 3 aromatic rings. The van der Waals surface area contributed by atoms with Gasteiger partial charge in [0.2, 0.25) is 0 Å². The highest BCUT2D eigenvalue weighted by Crippen LogP contribution is 2.32. The first-order chi connectivity index (χ1) is 13.2. The molecule has 4 rings (SSSR count). The monoisotopic (exact) mass is 355 g/mol. The fraction of sp³-hybridized carbons (Fsp3) is 0.125. The number of anilines is 1. The third kappa shape index (κ3) is 3.77. The van der Waals surface area contributed by atoms with Gasteiger partial charge in [-0.2, -0.15) is 0 Å². The molecule has 1 aliphatic heterocycles. The lowest BCUT2D eigenvalue weighted by Crippen LogP contribution is -2.36. The Morgan fingerprint density at radius 3 is 2.48 bits per heavy atom. The number of amides is 1. The molecular formula is C24H21NO2. The van der Waals surface area contributed by atoms with E-state index in [0.717, 1.165) is 28.1 Å². The van der Waals surface area contributed by atoms with E-state index in [1.54, 1.807) is 11.0 Å². The number of aryl methyl sites for hydroxylation is 1. The van der Waals surface area contributed by atoms with E-state index in [9.17, 15) is 4.79 Å². The third-order valence-corrected chi connectivity index (χ3v) is 4.68. The Morgan fingerprint density at radius 2 is 1.70 bits per heavy atom. The molecule has 27 heavy (non-hydrogen) atoms. The number of benzene rings is 3. The molecule has 3 aromatic carbocycles. The Kier molecular flexibility index (Phi) is 4.75. The summed E-state index contributed by atoms with van der Waals surface area (Å²) in [5, 5.41) is 0. The van der Waals surface area contributed by atoms with Crippen LogP contribution >= 0.6 is 0 Å². The molecule has 3 heteroatoms. The van der Waals surface area contributed by atoms with E-state index in [-0.39, 0.29) is 5.91 Å². The fourth-order valence-electron chi connectivity index (χ4n) is 3.23. The lowest BCUT2D eigenvalue weighted by Gasteiger charge is -2.29. The van der Waals surface area contributed by atoms with Crippen LogP contribution in [0.4, 0.5) is 5.69 Å². The molecule has 1 amide bonds. The van der Waals surface area contributed by atoms with Crippen molar-refractivity contribution < 1.29 is 9.53 Å². The maximum atomic E-state index is 12.7. The molecule has 0 aliphatic carbocycles. The molecule has 0 saturated heterocycles. The van der Waals surface area contributed by atoms with Crippen LogP contribution in [0.2, 0.25) is 0 Å². The maximum absolute atomic E-state index is 12.7. The van der Waals surface area contributed by atoms with Gasteiger partial charge in [0.25, 0.3) is 5.91 Å². The number of hydrogen-bond acceptors (Lipinski definition) is 2. The summed E-state index contributed by atoms with van der Waals surface area (Å²) in [4.78, 5) is 14.5. The minimum Gasteiger partial charge on any atom is -0.490 e. The average Bonchev–Trinajstić information content (AvgIpc) is 2.72. The normalized spacial score (nSPS) is 13.3.